The first-order chi connectivity index (χ1) is 17.0. The van der Waals surface area contributed by atoms with Crippen molar-refractivity contribution in [2.24, 2.45) is 5.73 Å². The minimum absolute atomic E-state index is 0.142. The van der Waals surface area contributed by atoms with E-state index in [0.717, 1.165) is 56.9 Å². The number of nitrogens with zero attached hydrogens (tertiary/aromatic N) is 4. The summed E-state index contributed by atoms with van der Waals surface area (Å²) >= 11 is 1.86. The molecule has 0 saturated carbocycles. The lowest BCUT2D eigenvalue weighted by molar-refractivity contribution is 0.0994. The van der Waals surface area contributed by atoms with Gasteiger partial charge in [0, 0.05) is 34.4 Å². The van der Waals surface area contributed by atoms with Crippen molar-refractivity contribution in [2.45, 2.75) is 19.3 Å². The standard InChI is InChI=1S/C27H22FN5OS/c1-15-8-10-30-21-7-4-17(12-20(15)21)25-23(16-2-5-19(28)6-3-16)31-13-22-32-24(27(29)34)26(33(22)25)18-9-11-35-14-18/h2-8,10,12-13,18H,9,11,14H2,1H3,(H2,29,34). The minimum Gasteiger partial charge on any atom is -0.364 e. The van der Waals surface area contributed by atoms with Crippen molar-refractivity contribution in [2.75, 3.05) is 11.5 Å². The van der Waals surface area contributed by atoms with E-state index in [4.69, 9.17) is 10.7 Å². The van der Waals surface area contributed by atoms with Crippen LogP contribution >= 0.6 is 11.8 Å². The zero-order valence-electron chi connectivity index (χ0n) is 19.0. The summed E-state index contributed by atoms with van der Waals surface area (Å²) in [4.78, 5) is 26.3. The summed E-state index contributed by atoms with van der Waals surface area (Å²) in [5.74, 6) is 1.19. The third-order valence-corrected chi connectivity index (χ3v) is 7.76. The fraction of sp³-hybridized carbons (Fsp3) is 0.185. The van der Waals surface area contributed by atoms with Crippen molar-refractivity contribution in [3.05, 3.63) is 83.7 Å². The van der Waals surface area contributed by atoms with Gasteiger partial charge in [0.05, 0.1) is 28.8 Å². The summed E-state index contributed by atoms with van der Waals surface area (Å²) in [7, 11) is 0. The van der Waals surface area contributed by atoms with Crippen molar-refractivity contribution in [3.63, 3.8) is 0 Å². The number of aryl methyl sites for hydroxylation is 1. The van der Waals surface area contributed by atoms with Gasteiger partial charge in [-0.2, -0.15) is 11.8 Å². The molecule has 0 aliphatic carbocycles. The van der Waals surface area contributed by atoms with Gasteiger partial charge in [-0.25, -0.2) is 9.37 Å². The van der Waals surface area contributed by atoms with Crippen LogP contribution in [0.25, 0.3) is 39.1 Å². The average molecular weight is 484 g/mol. The topological polar surface area (TPSA) is 86.2 Å². The molecule has 1 aliphatic rings. The van der Waals surface area contributed by atoms with Gasteiger partial charge in [0.2, 0.25) is 0 Å². The highest BCUT2D eigenvalue weighted by Gasteiger charge is 2.30. The van der Waals surface area contributed by atoms with Crippen LogP contribution in [0.1, 0.15) is 34.1 Å². The SMILES string of the molecule is Cc1ccnc2ccc(-c3c(-c4ccc(F)cc4)ncc4nc(C(N)=O)c(C5CCSC5)n34)cc12. The summed E-state index contributed by atoms with van der Waals surface area (Å²) in [5, 5.41) is 1.03. The van der Waals surface area contributed by atoms with Crippen LogP contribution in [0.15, 0.2) is 60.9 Å². The fourth-order valence-electron chi connectivity index (χ4n) is 4.89. The number of carbonyl (C=O) groups excluding carboxylic acids is 1. The largest absolute Gasteiger partial charge is 0.364 e. The van der Waals surface area contributed by atoms with Crippen molar-refractivity contribution in [1.29, 1.82) is 0 Å². The van der Waals surface area contributed by atoms with E-state index in [1.807, 2.05) is 34.4 Å². The Balaban J connectivity index is 1.74. The van der Waals surface area contributed by atoms with Crippen LogP contribution in [0.5, 0.6) is 0 Å². The predicted octanol–water partition coefficient (Wildman–Crippen LogP) is 5.38. The van der Waals surface area contributed by atoms with Gasteiger partial charge in [-0.05, 0) is 67.1 Å². The Labute approximate surface area is 205 Å². The molecular weight excluding hydrogens is 461 g/mol. The van der Waals surface area contributed by atoms with Crippen LogP contribution in [-0.2, 0) is 0 Å². The molecule has 0 spiro atoms. The number of imidazole rings is 1. The van der Waals surface area contributed by atoms with Gasteiger partial charge in [0.25, 0.3) is 5.91 Å². The molecule has 8 heteroatoms. The van der Waals surface area contributed by atoms with Crippen molar-refractivity contribution < 1.29 is 9.18 Å². The summed E-state index contributed by atoms with van der Waals surface area (Å²) in [5.41, 5.74) is 12.6. The van der Waals surface area contributed by atoms with E-state index < -0.39 is 5.91 Å². The van der Waals surface area contributed by atoms with E-state index in [1.54, 1.807) is 24.5 Å². The van der Waals surface area contributed by atoms with Gasteiger partial charge in [0.15, 0.2) is 11.3 Å². The number of fused-ring (bicyclic) bond motifs is 2. The molecule has 3 aromatic heterocycles. The van der Waals surface area contributed by atoms with E-state index in [1.165, 1.54) is 12.1 Å². The number of benzene rings is 2. The van der Waals surface area contributed by atoms with E-state index >= 15 is 0 Å². The van der Waals surface area contributed by atoms with E-state index in [9.17, 15) is 9.18 Å². The second-order valence-corrected chi connectivity index (χ2v) is 9.94. The molecule has 6 nitrogen and oxygen atoms in total. The lowest BCUT2D eigenvalue weighted by Crippen LogP contribution is -2.17. The highest BCUT2D eigenvalue weighted by molar-refractivity contribution is 7.99. The van der Waals surface area contributed by atoms with Crippen LogP contribution in [0, 0.1) is 12.7 Å². The summed E-state index contributed by atoms with van der Waals surface area (Å²) in [6.07, 6.45) is 4.40. The lowest BCUT2D eigenvalue weighted by Gasteiger charge is -2.17. The molecule has 5 aromatic rings. The number of nitrogens with two attached hydrogens (primary N) is 1. The number of thioether (sulfide) groups is 1. The number of aromatic nitrogens is 4. The molecule has 0 radical (unpaired) electrons. The third kappa shape index (κ3) is 3.65. The molecule has 4 heterocycles. The van der Waals surface area contributed by atoms with Crippen LogP contribution in [0.4, 0.5) is 4.39 Å². The van der Waals surface area contributed by atoms with Crippen LogP contribution < -0.4 is 5.73 Å². The second kappa shape index (κ2) is 8.46. The number of primary amides is 1. The first-order valence-corrected chi connectivity index (χ1v) is 12.6. The Morgan fingerprint density at radius 3 is 2.66 bits per heavy atom. The monoisotopic (exact) mass is 483 g/mol. The predicted molar refractivity (Wildman–Crippen MR) is 137 cm³/mol. The highest BCUT2D eigenvalue weighted by atomic mass is 32.2. The highest BCUT2D eigenvalue weighted by Crippen LogP contribution is 2.39. The summed E-state index contributed by atoms with van der Waals surface area (Å²) in [6.45, 7) is 2.05. The van der Waals surface area contributed by atoms with E-state index in [0.29, 0.717) is 11.3 Å². The molecule has 1 fully saturated rings. The first-order valence-electron chi connectivity index (χ1n) is 11.4. The molecule has 1 aliphatic heterocycles. The number of halogens is 1. The van der Waals surface area contributed by atoms with Crippen molar-refractivity contribution >= 4 is 34.2 Å². The van der Waals surface area contributed by atoms with Crippen molar-refractivity contribution in [1.82, 2.24) is 19.4 Å². The van der Waals surface area contributed by atoms with Crippen molar-refractivity contribution in [3.8, 4) is 22.5 Å². The Kier molecular flexibility index (Phi) is 5.25. The maximum atomic E-state index is 13.8. The molecule has 2 aromatic carbocycles. The lowest BCUT2D eigenvalue weighted by atomic mass is 9.98. The maximum Gasteiger partial charge on any atom is 0.269 e. The van der Waals surface area contributed by atoms with Gasteiger partial charge < -0.3 is 5.73 Å². The number of carbonyl (C=O) groups is 1. The van der Waals surface area contributed by atoms with E-state index in [-0.39, 0.29) is 17.4 Å². The van der Waals surface area contributed by atoms with Gasteiger partial charge in [-0.15, -0.1) is 0 Å². The third-order valence-electron chi connectivity index (χ3n) is 6.60. The smallest absolute Gasteiger partial charge is 0.269 e. The quantitative estimate of drug-likeness (QED) is 0.371. The number of amides is 1. The Morgan fingerprint density at radius 2 is 1.91 bits per heavy atom. The number of rotatable bonds is 4. The molecule has 1 atom stereocenters. The first kappa shape index (κ1) is 21.7. The van der Waals surface area contributed by atoms with Crippen LogP contribution in [-0.4, -0.2) is 36.8 Å². The minimum atomic E-state index is -0.548. The average Bonchev–Trinajstić information content (AvgIpc) is 3.52. The van der Waals surface area contributed by atoms with Gasteiger partial charge in [-0.3, -0.25) is 19.2 Å². The maximum absolute atomic E-state index is 13.8. The molecule has 35 heavy (non-hydrogen) atoms. The molecular formula is C27H22FN5OS. The van der Waals surface area contributed by atoms with Crippen LogP contribution in [0.2, 0.25) is 0 Å². The zero-order chi connectivity index (χ0) is 24.1. The molecule has 174 valence electrons. The molecule has 1 amide bonds. The Morgan fingerprint density at radius 1 is 1.11 bits per heavy atom. The van der Waals surface area contributed by atoms with E-state index in [2.05, 4.69) is 23.0 Å². The van der Waals surface area contributed by atoms with Crippen LogP contribution in [0.3, 0.4) is 0 Å². The van der Waals surface area contributed by atoms with Gasteiger partial charge in [-0.1, -0.05) is 6.07 Å². The summed E-state index contributed by atoms with van der Waals surface area (Å²) < 4.78 is 15.8. The molecule has 6 rings (SSSR count). The van der Waals surface area contributed by atoms with Gasteiger partial charge >= 0.3 is 0 Å². The zero-order valence-corrected chi connectivity index (χ0v) is 19.8. The molecule has 0 bridgehead atoms. The number of pyridine rings is 1. The number of hydrogen-bond donors (Lipinski definition) is 1. The van der Waals surface area contributed by atoms with Gasteiger partial charge in [0.1, 0.15) is 5.82 Å². The summed E-state index contributed by atoms with van der Waals surface area (Å²) in [6, 6.07) is 14.4. The molecule has 1 unspecified atom stereocenters. The molecule has 2 N–H and O–H groups in total. The fourth-order valence-corrected chi connectivity index (χ4v) is 6.11. The normalized spacial score (nSPS) is 15.8. The number of hydrogen-bond acceptors (Lipinski definition) is 5. The second-order valence-electron chi connectivity index (χ2n) is 8.79. The molecule has 1 saturated heterocycles. The Bertz CT molecular complexity index is 1610. The Hall–Kier alpha value is -3.78.